The van der Waals surface area contributed by atoms with Gasteiger partial charge in [0.05, 0.1) is 0 Å². The summed E-state index contributed by atoms with van der Waals surface area (Å²) < 4.78 is 0. The number of hydrogen-bond donors (Lipinski definition) is 1. The van der Waals surface area contributed by atoms with Crippen molar-refractivity contribution in [1.29, 1.82) is 0 Å². The molecule has 0 aliphatic heterocycles. The SMILES string of the molecule is CC1CCCC(NCc2ccccc2)CC1. The van der Waals surface area contributed by atoms with Crippen LogP contribution in [0.15, 0.2) is 30.3 Å². The summed E-state index contributed by atoms with van der Waals surface area (Å²) in [5.74, 6) is 0.934. The molecular weight excluding hydrogens is 194 g/mol. The molecule has 1 fully saturated rings. The Hall–Kier alpha value is -0.820. The van der Waals surface area contributed by atoms with Gasteiger partial charge in [0.15, 0.2) is 0 Å². The van der Waals surface area contributed by atoms with Gasteiger partial charge in [-0.05, 0) is 30.7 Å². The highest BCUT2D eigenvalue weighted by molar-refractivity contribution is 5.14. The van der Waals surface area contributed by atoms with Crippen molar-refractivity contribution in [3.63, 3.8) is 0 Å². The average Bonchev–Trinajstić information content (AvgIpc) is 2.53. The van der Waals surface area contributed by atoms with Crippen LogP contribution in [-0.4, -0.2) is 6.04 Å². The fraction of sp³-hybridized carbons (Fsp3) is 0.600. The second kappa shape index (κ2) is 6.05. The number of benzene rings is 1. The van der Waals surface area contributed by atoms with E-state index in [9.17, 15) is 0 Å². The fourth-order valence-electron chi connectivity index (χ4n) is 2.55. The van der Waals surface area contributed by atoms with Gasteiger partial charge in [0.2, 0.25) is 0 Å². The van der Waals surface area contributed by atoms with Gasteiger partial charge in [0.1, 0.15) is 0 Å². The zero-order valence-electron chi connectivity index (χ0n) is 10.3. The summed E-state index contributed by atoms with van der Waals surface area (Å²) >= 11 is 0. The summed E-state index contributed by atoms with van der Waals surface area (Å²) in [7, 11) is 0. The fourth-order valence-corrected chi connectivity index (χ4v) is 2.55. The molecule has 0 radical (unpaired) electrons. The van der Waals surface area contributed by atoms with Crippen molar-refractivity contribution in [2.75, 3.05) is 0 Å². The first-order valence-corrected chi connectivity index (χ1v) is 6.62. The Morgan fingerprint density at radius 1 is 1.06 bits per heavy atom. The van der Waals surface area contributed by atoms with E-state index in [0.29, 0.717) is 0 Å². The molecule has 16 heavy (non-hydrogen) atoms. The second-order valence-electron chi connectivity index (χ2n) is 5.18. The minimum absolute atomic E-state index is 0.741. The van der Waals surface area contributed by atoms with E-state index in [2.05, 4.69) is 42.6 Å². The normalized spacial score (nSPS) is 26.3. The van der Waals surface area contributed by atoms with Crippen molar-refractivity contribution >= 4 is 0 Å². The van der Waals surface area contributed by atoms with Crippen LogP contribution in [0.2, 0.25) is 0 Å². The second-order valence-corrected chi connectivity index (χ2v) is 5.18. The molecule has 88 valence electrons. The van der Waals surface area contributed by atoms with E-state index >= 15 is 0 Å². The van der Waals surface area contributed by atoms with Crippen LogP contribution >= 0.6 is 0 Å². The minimum atomic E-state index is 0.741. The molecule has 1 nitrogen and oxygen atoms in total. The summed E-state index contributed by atoms with van der Waals surface area (Å²) in [5.41, 5.74) is 1.40. The molecule has 2 unspecified atom stereocenters. The van der Waals surface area contributed by atoms with E-state index < -0.39 is 0 Å². The first kappa shape index (κ1) is 11.7. The van der Waals surface area contributed by atoms with E-state index in [0.717, 1.165) is 18.5 Å². The van der Waals surface area contributed by atoms with Crippen LogP contribution in [0.4, 0.5) is 0 Å². The van der Waals surface area contributed by atoms with E-state index in [1.165, 1.54) is 37.7 Å². The van der Waals surface area contributed by atoms with Gasteiger partial charge in [0.25, 0.3) is 0 Å². The van der Waals surface area contributed by atoms with Crippen molar-refractivity contribution in [2.45, 2.75) is 51.6 Å². The van der Waals surface area contributed by atoms with Gasteiger partial charge in [-0.2, -0.15) is 0 Å². The third-order valence-electron chi connectivity index (χ3n) is 3.70. The summed E-state index contributed by atoms with van der Waals surface area (Å²) in [6.07, 6.45) is 6.93. The maximum atomic E-state index is 3.70. The number of nitrogens with one attached hydrogen (secondary N) is 1. The molecule has 1 aliphatic rings. The molecule has 1 aromatic carbocycles. The van der Waals surface area contributed by atoms with E-state index in [-0.39, 0.29) is 0 Å². The molecular formula is C15H23N. The zero-order chi connectivity index (χ0) is 11.2. The lowest BCUT2D eigenvalue weighted by atomic mass is 10.0. The first-order valence-electron chi connectivity index (χ1n) is 6.62. The molecule has 0 aromatic heterocycles. The first-order chi connectivity index (χ1) is 7.84. The molecule has 0 bridgehead atoms. The van der Waals surface area contributed by atoms with Crippen molar-refractivity contribution < 1.29 is 0 Å². The summed E-state index contributed by atoms with van der Waals surface area (Å²) in [5, 5.41) is 3.70. The van der Waals surface area contributed by atoms with Crippen LogP contribution in [0.3, 0.4) is 0 Å². The molecule has 0 saturated heterocycles. The molecule has 1 heteroatoms. The van der Waals surface area contributed by atoms with Crippen LogP contribution in [0.1, 0.15) is 44.6 Å². The van der Waals surface area contributed by atoms with Crippen LogP contribution < -0.4 is 5.32 Å². The standard InChI is InChI=1S/C15H23N/c1-13-6-5-9-15(11-10-13)16-12-14-7-3-2-4-8-14/h2-4,7-8,13,15-16H,5-6,9-12H2,1H3. The average molecular weight is 217 g/mol. The lowest BCUT2D eigenvalue weighted by Crippen LogP contribution is -2.27. The molecule has 0 amide bonds. The monoisotopic (exact) mass is 217 g/mol. The van der Waals surface area contributed by atoms with Gasteiger partial charge in [-0.25, -0.2) is 0 Å². The minimum Gasteiger partial charge on any atom is -0.310 e. The van der Waals surface area contributed by atoms with Crippen molar-refractivity contribution in [2.24, 2.45) is 5.92 Å². The summed E-state index contributed by atoms with van der Waals surface area (Å²) in [6, 6.07) is 11.5. The van der Waals surface area contributed by atoms with Gasteiger partial charge in [-0.3, -0.25) is 0 Å². The Morgan fingerprint density at radius 2 is 1.88 bits per heavy atom. The van der Waals surface area contributed by atoms with Crippen LogP contribution in [0.25, 0.3) is 0 Å². The van der Waals surface area contributed by atoms with Crippen LogP contribution in [-0.2, 0) is 6.54 Å². The number of hydrogen-bond acceptors (Lipinski definition) is 1. The highest BCUT2D eigenvalue weighted by Gasteiger charge is 2.15. The molecule has 1 saturated carbocycles. The maximum absolute atomic E-state index is 3.70. The molecule has 1 aliphatic carbocycles. The van der Waals surface area contributed by atoms with Gasteiger partial charge >= 0.3 is 0 Å². The predicted octanol–water partition coefficient (Wildman–Crippen LogP) is 3.75. The highest BCUT2D eigenvalue weighted by atomic mass is 14.9. The van der Waals surface area contributed by atoms with Crippen LogP contribution in [0, 0.1) is 5.92 Å². The number of rotatable bonds is 3. The Bertz CT molecular complexity index is 294. The quantitative estimate of drug-likeness (QED) is 0.760. The van der Waals surface area contributed by atoms with Crippen molar-refractivity contribution in [3.8, 4) is 0 Å². The lowest BCUT2D eigenvalue weighted by molar-refractivity contribution is 0.447. The van der Waals surface area contributed by atoms with Crippen LogP contribution in [0.5, 0.6) is 0 Å². The van der Waals surface area contributed by atoms with Crippen molar-refractivity contribution in [3.05, 3.63) is 35.9 Å². The summed E-state index contributed by atoms with van der Waals surface area (Å²) in [6.45, 7) is 3.42. The molecule has 1 aromatic rings. The van der Waals surface area contributed by atoms with E-state index in [4.69, 9.17) is 0 Å². The van der Waals surface area contributed by atoms with E-state index in [1.54, 1.807) is 0 Å². The third kappa shape index (κ3) is 3.64. The Morgan fingerprint density at radius 3 is 2.69 bits per heavy atom. The molecule has 2 atom stereocenters. The van der Waals surface area contributed by atoms with E-state index in [1.807, 2.05) is 0 Å². The van der Waals surface area contributed by atoms with Gasteiger partial charge in [-0.15, -0.1) is 0 Å². The molecule has 2 rings (SSSR count). The zero-order valence-corrected chi connectivity index (χ0v) is 10.3. The molecule has 1 N–H and O–H groups in total. The Kier molecular flexibility index (Phi) is 4.41. The smallest absolute Gasteiger partial charge is 0.0208 e. The predicted molar refractivity (Wildman–Crippen MR) is 69.3 cm³/mol. The van der Waals surface area contributed by atoms with Gasteiger partial charge < -0.3 is 5.32 Å². The Labute approximate surface area is 99.3 Å². The molecule has 0 spiro atoms. The van der Waals surface area contributed by atoms with Crippen molar-refractivity contribution in [1.82, 2.24) is 5.32 Å². The lowest BCUT2D eigenvalue weighted by Gasteiger charge is -2.16. The molecule has 0 heterocycles. The van der Waals surface area contributed by atoms with Gasteiger partial charge in [-0.1, -0.05) is 50.1 Å². The summed E-state index contributed by atoms with van der Waals surface area (Å²) in [4.78, 5) is 0. The van der Waals surface area contributed by atoms with Gasteiger partial charge in [0, 0.05) is 12.6 Å². The Balaban J connectivity index is 1.77. The highest BCUT2D eigenvalue weighted by Crippen LogP contribution is 2.22. The third-order valence-corrected chi connectivity index (χ3v) is 3.70. The topological polar surface area (TPSA) is 12.0 Å². The maximum Gasteiger partial charge on any atom is 0.0208 e. The largest absolute Gasteiger partial charge is 0.310 e.